The average molecular weight is 1140 g/mol. The van der Waals surface area contributed by atoms with Crippen LogP contribution >= 0.6 is 21.6 Å². The second kappa shape index (κ2) is 20.1. The summed E-state index contributed by atoms with van der Waals surface area (Å²) < 4.78 is 14.1. The van der Waals surface area contributed by atoms with E-state index in [4.69, 9.17) is 20.2 Å². The zero-order chi connectivity index (χ0) is 55.2. The summed E-state index contributed by atoms with van der Waals surface area (Å²) in [6, 6.07) is 13.1. The van der Waals surface area contributed by atoms with E-state index in [2.05, 4.69) is 75.5 Å². The molecule has 19 rings (SSSR count). The Morgan fingerprint density at radius 3 is 2.38 bits per heavy atom. The number of guanidine groups is 1. The summed E-state index contributed by atoms with van der Waals surface area (Å²) in [5, 5.41) is 42.3. The van der Waals surface area contributed by atoms with Gasteiger partial charge in [-0.1, -0.05) is 83.7 Å². The molecule has 438 valence electrons. The largest absolute Gasteiger partial charge is 0.504 e. The molecule has 7 aliphatic heterocycles. The normalized spacial score (nSPS) is 44.9. The Kier molecular flexibility index (Phi) is 13.5. The van der Waals surface area contributed by atoms with Crippen molar-refractivity contribution in [1.29, 1.82) is 0 Å². The van der Waals surface area contributed by atoms with Gasteiger partial charge in [0, 0.05) is 90.3 Å². The van der Waals surface area contributed by atoms with Crippen molar-refractivity contribution in [2.75, 3.05) is 18.8 Å². The number of phenols is 1. The molecule has 17 unspecified atom stereocenters. The van der Waals surface area contributed by atoms with Gasteiger partial charge in [-0.25, -0.2) is 0 Å². The Labute approximate surface area is 489 Å². The molecule has 1 amide bonds. The lowest BCUT2D eigenvalue weighted by Gasteiger charge is -2.60. The van der Waals surface area contributed by atoms with Crippen LogP contribution in [-0.4, -0.2) is 85.2 Å². The number of ether oxygens (including phenoxy) is 2. The van der Waals surface area contributed by atoms with Crippen LogP contribution in [0.5, 0.6) is 11.5 Å². The van der Waals surface area contributed by atoms with Gasteiger partial charge in [-0.2, -0.15) is 0 Å². The summed E-state index contributed by atoms with van der Waals surface area (Å²) in [5.74, 6) is 4.03. The molecule has 6 N–H and O–H groups in total. The van der Waals surface area contributed by atoms with E-state index in [0.29, 0.717) is 61.8 Å². The Bertz CT molecular complexity index is 2850. The number of aromatic hydroxyl groups is 1. The molecular formula is C68H92N4O7S2. The lowest BCUT2D eigenvalue weighted by molar-refractivity contribution is -0.203. The summed E-state index contributed by atoms with van der Waals surface area (Å²) in [5.41, 5.74) is 9.92. The summed E-state index contributed by atoms with van der Waals surface area (Å²) in [6.45, 7) is 2.96. The molecule has 10 fully saturated rings. The van der Waals surface area contributed by atoms with E-state index in [0.717, 1.165) is 138 Å². The summed E-state index contributed by atoms with van der Waals surface area (Å²) in [4.78, 5) is 35.9. The number of carbonyl (C=O) groups excluding carboxylic acids is 2. The SMILES string of the molecule is CC(=O)OC12CC(O)C3C(CCC1Cc1cc(c(O)c4c1C1C=CC5(CCCC5C1)O4)CN1CC4(CC1=O)C(CCC4c1ccccc1)CN=C(N)NC1(CCCC14CCCC4)SSCC1CCC3CC13CCCC31CCCC1O)C2. The first kappa shape index (κ1) is 54.3. The van der Waals surface area contributed by atoms with Gasteiger partial charge in [-0.05, 0) is 205 Å². The highest BCUT2D eigenvalue weighted by atomic mass is 33.1. The van der Waals surface area contributed by atoms with Crippen molar-refractivity contribution in [3.05, 3.63) is 70.8 Å². The highest BCUT2D eigenvalue weighted by Crippen LogP contribution is 2.72. The number of hydrogen-bond donors (Lipinski definition) is 5. The van der Waals surface area contributed by atoms with Crippen LogP contribution in [0.1, 0.15) is 214 Å². The fraction of sp³-hybridized carbons (Fsp3) is 0.750. The van der Waals surface area contributed by atoms with Crippen LogP contribution in [0.15, 0.2) is 53.5 Å². The fourth-order valence-electron chi connectivity index (χ4n) is 23.3. The van der Waals surface area contributed by atoms with E-state index in [9.17, 15) is 20.1 Å². The summed E-state index contributed by atoms with van der Waals surface area (Å²) in [6.07, 6.45) is 32.1. The number of nitrogens with zero attached hydrogens (tertiary/aromatic N) is 2. The van der Waals surface area contributed by atoms with Gasteiger partial charge in [0.1, 0.15) is 16.1 Å². The number of aliphatic hydroxyl groups excluding tert-OH is 2. The number of hydrogen-bond acceptors (Lipinski definition) is 12. The fourth-order valence-corrected chi connectivity index (χ4v) is 27.2. The topological polar surface area (TPSA) is 167 Å². The third-order valence-electron chi connectivity index (χ3n) is 26.6. The lowest BCUT2D eigenvalue weighted by Crippen LogP contribution is -2.59. The van der Waals surface area contributed by atoms with Gasteiger partial charge < -0.3 is 40.7 Å². The molecule has 10 aliphatic carbocycles. The molecular weight excluding hydrogens is 1050 g/mol. The molecule has 17 atom stereocenters. The van der Waals surface area contributed by atoms with Gasteiger partial charge >= 0.3 is 5.97 Å². The molecule has 12 bridgehead atoms. The Balaban J connectivity index is 0.846. The molecule has 11 nitrogen and oxygen atoms in total. The van der Waals surface area contributed by atoms with Crippen molar-refractivity contribution in [3.63, 3.8) is 0 Å². The Hall–Kier alpha value is -3.39. The number of phenolic OH excluding ortho intramolecular Hbond substituents is 1. The smallest absolute Gasteiger partial charge is 0.303 e. The monoisotopic (exact) mass is 1140 g/mol. The van der Waals surface area contributed by atoms with E-state index in [1.54, 1.807) is 6.92 Å². The van der Waals surface area contributed by atoms with Gasteiger partial charge in [0.25, 0.3) is 0 Å². The van der Waals surface area contributed by atoms with Gasteiger partial charge in [-0.3, -0.25) is 14.6 Å². The maximum absolute atomic E-state index is 15.1. The van der Waals surface area contributed by atoms with E-state index >= 15 is 4.79 Å². The average Bonchev–Trinajstić information content (AvgIpc) is 4.28. The van der Waals surface area contributed by atoms with E-state index < -0.39 is 17.3 Å². The number of carbonyl (C=O) groups is 2. The lowest BCUT2D eigenvalue weighted by atomic mass is 9.47. The van der Waals surface area contributed by atoms with Gasteiger partial charge in [0.05, 0.1) is 12.2 Å². The number of nitrogens with one attached hydrogen (secondary N) is 1. The highest BCUT2D eigenvalue weighted by molar-refractivity contribution is 8.77. The minimum atomic E-state index is -0.831. The molecule has 7 heterocycles. The predicted octanol–water partition coefficient (Wildman–Crippen LogP) is 12.8. The molecule has 81 heavy (non-hydrogen) atoms. The maximum atomic E-state index is 15.1. The van der Waals surface area contributed by atoms with Crippen LogP contribution < -0.4 is 15.8 Å². The molecule has 6 spiro atoms. The van der Waals surface area contributed by atoms with Crippen LogP contribution in [0.25, 0.3) is 0 Å². The standard InChI is InChI=1S/C68H92N4O7S2/c1-42(73)78-67-35-46-15-17-50(67)33-47-31-48(59(77)60-58(47)44-21-30-66(79-60)28-7-13-49(66)32-44)39-72-41-63(37-56(72)76)51(19-20-53(63)43-11-3-2-4-12-43)38-70-61(69)71-68(29-9-24-62(68)22-5-6-23-62)81-80-40-52-18-16-45(57(46)54(74)36-67)34-65(52)27-10-26-64(65)25-8-14-55(64)75/h2-4,11-12,21,30-31,44-46,49-55,57,74-75,77H,5-10,13-20,22-29,32-41H2,1H3,(H3,69,70,71). The number of aliphatic hydroxyl groups is 2. The van der Waals surface area contributed by atoms with Crippen molar-refractivity contribution in [3.8, 4) is 11.5 Å². The third kappa shape index (κ3) is 8.30. The first-order valence-electron chi connectivity index (χ1n) is 32.8. The molecule has 0 aromatic heterocycles. The van der Waals surface area contributed by atoms with Crippen molar-refractivity contribution >= 4 is 39.4 Å². The van der Waals surface area contributed by atoms with Crippen molar-refractivity contribution in [1.82, 2.24) is 10.2 Å². The molecule has 2 aromatic carbocycles. The van der Waals surface area contributed by atoms with Crippen molar-refractivity contribution in [2.45, 2.75) is 233 Å². The molecule has 17 aliphatic rings. The first-order chi connectivity index (χ1) is 39.2. The zero-order valence-electron chi connectivity index (χ0n) is 48.4. The Morgan fingerprint density at radius 2 is 1.57 bits per heavy atom. The van der Waals surface area contributed by atoms with E-state index in [1.165, 1.54) is 50.5 Å². The van der Waals surface area contributed by atoms with Gasteiger partial charge in [0.15, 0.2) is 17.5 Å². The second-order valence-corrected chi connectivity index (χ2v) is 32.3. The predicted molar refractivity (Wildman–Crippen MR) is 319 cm³/mol. The number of benzene rings is 2. The number of allylic oxidation sites excluding steroid dienone is 1. The molecule has 13 heteroatoms. The number of rotatable bonds is 2. The minimum Gasteiger partial charge on any atom is -0.504 e. The number of aliphatic imine (C=N–C) groups is 1. The van der Waals surface area contributed by atoms with Crippen molar-refractivity contribution in [2.24, 2.45) is 73.8 Å². The molecule has 9 saturated carbocycles. The van der Waals surface area contributed by atoms with Crippen LogP contribution in [-0.2, 0) is 27.3 Å². The quantitative estimate of drug-likeness (QED) is 0.110. The Morgan fingerprint density at radius 1 is 0.815 bits per heavy atom. The van der Waals surface area contributed by atoms with Crippen LogP contribution in [0, 0.1) is 63.1 Å². The first-order valence-corrected chi connectivity index (χ1v) is 35.1. The number of amides is 1. The highest BCUT2D eigenvalue weighted by Gasteiger charge is 2.67. The molecule has 1 saturated heterocycles. The van der Waals surface area contributed by atoms with E-state index in [-0.39, 0.29) is 92.3 Å². The molecule has 0 radical (unpaired) electrons. The van der Waals surface area contributed by atoms with Crippen LogP contribution in [0.3, 0.4) is 0 Å². The zero-order valence-corrected chi connectivity index (χ0v) is 50.0. The number of esters is 1. The van der Waals surface area contributed by atoms with Crippen LogP contribution in [0.2, 0.25) is 0 Å². The van der Waals surface area contributed by atoms with Gasteiger partial charge in [0.2, 0.25) is 5.91 Å². The minimum absolute atomic E-state index is 0.0157. The number of nitrogens with two attached hydrogens (primary N) is 1. The summed E-state index contributed by atoms with van der Waals surface area (Å²) >= 11 is 0. The van der Waals surface area contributed by atoms with Crippen LogP contribution in [0.4, 0.5) is 0 Å². The summed E-state index contributed by atoms with van der Waals surface area (Å²) in [7, 11) is 4.18. The van der Waals surface area contributed by atoms with Gasteiger partial charge in [-0.15, -0.1) is 0 Å². The van der Waals surface area contributed by atoms with E-state index in [1.807, 2.05) is 4.90 Å². The van der Waals surface area contributed by atoms with Crippen molar-refractivity contribution < 1.29 is 34.4 Å². The maximum Gasteiger partial charge on any atom is 0.303 e. The second-order valence-electron chi connectivity index (χ2n) is 29.7. The third-order valence-corrected chi connectivity index (χ3v) is 29.9. The molecule has 2 aromatic rings.